The molecular formula is C20H28N4O3. The minimum atomic E-state index is -0.248. The topological polar surface area (TPSA) is 73.0 Å². The largest absolute Gasteiger partial charge is 0.341 e. The fourth-order valence-electron chi connectivity index (χ4n) is 3.65. The number of piperazine rings is 1. The van der Waals surface area contributed by atoms with Crippen molar-refractivity contribution in [3.63, 3.8) is 0 Å². The Balaban J connectivity index is 1.44. The molecular weight excluding hydrogens is 344 g/mol. The summed E-state index contributed by atoms with van der Waals surface area (Å²) in [5.41, 5.74) is 1.20. The van der Waals surface area contributed by atoms with Crippen LogP contribution in [0.2, 0.25) is 0 Å². The van der Waals surface area contributed by atoms with E-state index in [0.717, 1.165) is 19.4 Å². The third-order valence-corrected chi connectivity index (χ3v) is 5.15. The lowest BCUT2D eigenvalue weighted by Gasteiger charge is -2.34. The van der Waals surface area contributed by atoms with E-state index in [-0.39, 0.29) is 30.4 Å². The molecule has 1 atom stereocenters. The highest BCUT2D eigenvalue weighted by molar-refractivity contribution is 5.86. The fourth-order valence-corrected chi connectivity index (χ4v) is 3.65. The highest BCUT2D eigenvalue weighted by Gasteiger charge is 2.33. The summed E-state index contributed by atoms with van der Waals surface area (Å²) >= 11 is 0. The molecule has 0 aromatic heterocycles. The minimum Gasteiger partial charge on any atom is -0.341 e. The molecule has 0 spiro atoms. The third kappa shape index (κ3) is 4.99. The predicted octanol–water partition coefficient (Wildman–Crippen LogP) is 1.09. The van der Waals surface area contributed by atoms with Gasteiger partial charge in [-0.1, -0.05) is 37.3 Å². The number of nitrogens with zero attached hydrogens (tertiary/aromatic N) is 3. The first-order valence-electron chi connectivity index (χ1n) is 9.71. The normalized spacial score (nSPS) is 20.3. The van der Waals surface area contributed by atoms with Crippen molar-refractivity contribution >= 4 is 17.8 Å². The third-order valence-electron chi connectivity index (χ3n) is 5.15. The van der Waals surface area contributed by atoms with Gasteiger partial charge in [-0.2, -0.15) is 0 Å². The van der Waals surface area contributed by atoms with Crippen molar-refractivity contribution in [2.45, 2.75) is 32.2 Å². The van der Waals surface area contributed by atoms with Gasteiger partial charge in [0.05, 0.1) is 6.04 Å². The van der Waals surface area contributed by atoms with Crippen molar-refractivity contribution < 1.29 is 14.4 Å². The Morgan fingerprint density at radius 3 is 2.56 bits per heavy atom. The van der Waals surface area contributed by atoms with E-state index in [0.29, 0.717) is 32.6 Å². The molecule has 0 radical (unpaired) electrons. The molecule has 27 heavy (non-hydrogen) atoms. The second-order valence-corrected chi connectivity index (χ2v) is 7.23. The molecule has 4 amide bonds. The van der Waals surface area contributed by atoms with E-state index in [9.17, 15) is 14.4 Å². The SMILES string of the molecule is CCCN1C[C@H](NC(=O)N2CCN(CCc3ccccc3)C(=O)C2)CC1=O. The maximum atomic E-state index is 12.5. The van der Waals surface area contributed by atoms with Crippen molar-refractivity contribution in [3.05, 3.63) is 35.9 Å². The average molecular weight is 372 g/mol. The number of hydrogen-bond donors (Lipinski definition) is 1. The highest BCUT2D eigenvalue weighted by Crippen LogP contribution is 2.13. The fraction of sp³-hybridized carbons (Fsp3) is 0.550. The number of amides is 4. The number of benzene rings is 1. The Hall–Kier alpha value is -2.57. The van der Waals surface area contributed by atoms with Gasteiger partial charge < -0.3 is 20.0 Å². The van der Waals surface area contributed by atoms with Crippen LogP contribution in [0.5, 0.6) is 0 Å². The summed E-state index contributed by atoms with van der Waals surface area (Å²) in [6.45, 7) is 5.15. The highest BCUT2D eigenvalue weighted by atomic mass is 16.2. The molecule has 2 aliphatic rings. The van der Waals surface area contributed by atoms with Gasteiger partial charge in [0.25, 0.3) is 0 Å². The molecule has 1 aromatic rings. The predicted molar refractivity (Wildman–Crippen MR) is 102 cm³/mol. The number of carbonyl (C=O) groups excluding carboxylic acids is 3. The summed E-state index contributed by atoms with van der Waals surface area (Å²) < 4.78 is 0. The zero-order valence-electron chi connectivity index (χ0n) is 15.9. The molecule has 0 aliphatic carbocycles. The molecule has 1 N–H and O–H groups in total. The van der Waals surface area contributed by atoms with Crippen LogP contribution in [0.3, 0.4) is 0 Å². The molecule has 2 fully saturated rings. The van der Waals surface area contributed by atoms with Crippen molar-refractivity contribution in [1.29, 1.82) is 0 Å². The molecule has 1 aromatic carbocycles. The van der Waals surface area contributed by atoms with Gasteiger partial charge in [0.1, 0.15) is 6.54 Å². The lowest BCUT2D eigenvalue weighted by atomic mass is 10.1. The van der Waals surface area contributed by atoms with Crippen LogP contribution in [0.15, 0.2) is 30.3 Å². The van der Waals surface area contributed by atoms with Crippen LogP contribution in [0.1, 0.15) is 25.3 Å². The van der Waals surface area contributed by atoms with Crippen LogP contribution >= 0.6 is 0 Å². The lowest BCUT2D eigenvalue weighted by molar-refractivity contribution is -0.134. The lowest BCUT2D eigenvalue weighted by Crippen LogP contribution is -2.56. The summed E-state index contributed by atoms with van der Waals surface area (Å²) in [5.74, 6) is 0.0615. The van der Waals surface area contributed by atoms with E-state index in [1.807, 2.05) is 30.0 Å². The van der Waals surface area contributed by atoms with Gasteiger partial charge in [-0.25, -0.2) is 4.79 Å². The molecule has 0 bridgehead atoms. The Bertz CT molecular complexity index is 679. The summed E-state index contributed by atoms with van der Waals surface area (Å²) in [6, 6.07) is 9.66. The number of rotatable bonds is 6. The van der Waals surface area contributed by atoms with Gasteiger partial charge in [0.15, 0.2) is 0 Å². The average Bonchev–Trinajstić information content (AvgIpc) is 3.01. The van der Waals surface area contributed by atoms with Crippen molar-refractivity contribution in [2.75, 3.05) is 39.3 Å². The molecule has 2 aliphatic heterocycles. The van der Waals surface area contributed by atoms with E-state index < -0.39 is 0 Å². The van der Waals surface area contributed by atoms with Crippen LogP contribution in [0.25, 0.3) is 0 Å². The monoisotopic (exact) mass is 372 g/mol. The van der Waals surface area contributed by atoms with E-state index in [1.54, 1.807) is 9.80 Å². The second-order valence-electron chi connectivity index (χ2n) is 7.23. The van der Waals surface area contributed by atoms with Crippen molar-refractivity contribution in [2.24, 2.45) is 0 Å². The van der Waals surface area contributed by atoms with Crippen LogP contribution in [-0.4, -0.2) is 77.9 Å². The van der Waals surface area contributed by atoms with Gasteiger partial charge in [0.2, 0.25) is 11.8 Å². The van der Waals surface area contributed by atoms with Crippen LogP contribution in [0, 0.1) is 0 Å². The first-order chi connectivity index (χ1) is 13.1. The van der Waals surface area contributed by atoms with Crippen molar-refractivity contribution in [1.82, 2.24) is 20.0 Å². The van der Waals surface area contributed by atoms with Crippen LogP contribution < -0.4 is 5.32 Å². The zero-order valence-corrected chi connectivity index (χ0v) is 15.9. The number of nitrogens with one attached hydrogen (secondary N) is 1. The van der Waals surface area contributed by atoms with Gasteiger partial charge in [-0.3, -0.25) is 9.59 Å². The summed E-state index contributed by atoms with van der Waals surface area (Å²) in [5, 5.41) is 2.91. The van der Waals surface area contributed by atoms with Crippen LogP contribution in [-0.2, 0) is 16.0 Å². The summed E-state index contributed by atoms with van der Waals surface area (Å²) in [4.78, 5) is 41.9. The summed E-state index contributed by atoms with van der Waals surface area (Å²) in [7, 11) is 0. The molecule has 7 nitrogen and oxygen atoms in total. The quantitative estimate of drug-likeness (QED) is 0.813. The first kappa shape index (κ1) is 19.2. The minimum absolute atomic E-state index is 0.0255. The Labute approximate surface area is 160 Å². The maximum Gasteiger partial charge on any atom is 0.318 e. The Morgan fingerprint density at radius 1 is 1.07 bits per heavy atom. The molecule has 7 heteroatoms. The number of urea groups is 1. The van der Waals surface area contributed by atoms with Crippen LogP contribution in [0.4, 0.5) is 4.79 Å². The molecule has 2 saturated heterocycles. The van der Waals surface area contributed by atoms with Gasteiger partial charge in [0, 0.05) is 39.1 Å². The van der Waals surface area contributed by atoms with E-state index in [1.165, 1.54) is 5.56 Å². The molecule has 146 valence electrons. The van der Waals surface area contributed by atoms with Gasteiger partial charge in [-0.15, -0.1) is 0 Å². The number of carbonyl (C=O) groups is 3. The standard InChI is InChI=1S/C20H28N4O3/c1-2-9-23-14-17(13-18(23)25)21-20(27)24-12-11-22(19(26)15-24)10-8-16-6-4-3-5-7-16/h3-7,17H,2,8-15H2,1H3,(H,21,27)/t17-/m1/s1. The van der Waals surface area contributed by atoms with E-state index in [4.69, 9.17) is 0 Å². The van der Waals surface area contributed by atoms with Crippen molar-refractivity contribution in [3.8, 4) is 0 Å². The zero-order chi connectivity index (χ0) is 19.2. The van der Waals surface area contributed by atoms with Gasteiger partial charge >= 0.3 is 6.03 Å². The Kier molecular flexibility index (Phi) is 6.32. The smallest absolute Gasteiger partial charge is 0.318 e. The molecule has 2 heterocycles. The van der Waals surface area contributed by atoms with E-state index >= 15 is 0 Å². The molecule has 0 saturated carbocycles. The van der Waals surface area contributed by atoms with Gasteiger partial charge in [-0.05, 0) is 18.4 Å². The summed E-state index contributed by atoms with van der Waals surface area (Å²) in [6.07, 6.45) is 2.07. The molecule has 3 rings (SSSR count). The van der Waals surface area contributed by atoms with E-state index in [2.05, 4.69) is 17.4 Å². The number of likely N-dealkylation sites (tertiary alicyclic amines) is 1. The Morgan fingerprint density at radius 2 is 1.85 bits per heavy atom. The molecule has 0 unspecified atom stereocenters. The maximum absolute atomic E-state index is 12.5. The second kappa shape index (κ2) is 8.88. The first-order valence-corrected chi connectivity index (χ1v) is 9.71. The number of hydrogen-bond acceptors (Lipinski definition) is 3.